The number of benzene rings is 2. The van der Waals surface area contributed by atoms with Gasteiger partial charge in [0.1, 0.15) is 5.75 Å². The van der Waals surface area contributed by atoms with Crippen molar-refractivity contribution in [1.82, 2.24) is 0 Å². The molecule has 0 unspecified atom stereocenters. The number of nitrogens with one attached hydrogen (secondary N) is 1. The fourth-order valence-corrected chi connectivity index (χ4v) is 3.22. The molecule has 3 aromatic rings. The summed E-state index contributed by atoms with van der Waals surface area (Å²) in [5.74, 6) is 0.101. The summed E-state index contributed by atoms with van der Waals surface area (Å²) in [6, 6.07) is 10.9. The predicted octanol–water partition coefficient (Wildman–Crippen LogP) is 3.16. The third kappa shape index (κ3) is 1.46. The second-order valence-corrected chi connectivity index (χ2v) is 5.09. The Morgan fingerprint density at radius 2 is 1.89 bits per heavy atom. The van der Waals surface area contributed by atoms with Crippen molar-refractivity contribution in [3.8, 4) is 5.75 Å². The van der Waals surface area contributed by atoms with Gasteiger partial charge in [-0.05, 0) is 24.3 Å². The maximum absolute atomic E-state index is 12.5. The Hall–Kier alpha value is -2.07. The van der Waals surface area contributed by atoms with E-state index in [0.29, 0.717) is 16.5 Å². The lowest BCUT2D eigenvalue weighted by atomic mass is 10.1. The van der Waals surface area contributed by atoms with Gasteiger partial charge in [0.05, 0.1) is 11.1 Å². The molecular formula is C14H11NO2S. The normalized spacial score (nSPS) is 10.9. The standard InChI is InChI=1S/C14H11NO2S/c1-15-13-9(16)6-7-11-12(13)14(17)8-4-2-3-5-10(8)18-11/h2-7,15-16H,1H3. The zero-order chi connectivity index (χ0) is 12.7. The second kappa shape index (κ2) is 3.99. The van der Waals surface area contributed by atoms with Gasteiger partial charge >= 0.3 is 0 Å². The smallest absolute Gasteiger partial charge is 0.198 e. The van der Waals surface area contributed by atoms with Gasteiger partial charge in [0, 0.05) is 21.8 Å². The number of phenolic OH excluding ortho intramolecular Hbond substituents is 1. The van der Waals surface area contributed by atoms with Crippen molar-refractivity contribution in [2.75, 3.05) is 12.4 Å². The highest BCUT2D eigenvalue weighted by atomic mass is 32.1. The van der Waals surface area contributed by atoms with E-state index in [0.717, 1.165) is 9.40 Å². The molecule has 0 saturated carbocycles. The van der Waals surface area contributed by atoms with E-state index in [4.69, 9.17) is 0 Å². The molecule has 4 heteroatoms. The van der Waals surface area contributed by atoms with E-state index >= 15 is 0 Å². The van der Waals surface area contributed by atoms with Crippen molar-refractivity contribution in [3.05, 3.63) is 46.6 Å². The van der Waals surface area contributed by atoms with Crippen molar-refractivity contribution < 1.29 is 5.11 Å². The third-order valence-corrected chi connectivity index (χ3v) is 4.11. The minimum absolute atomic E-state index is 0.0420. The second-order valence-electron chi connectivity index (χ2n) is 4.01. The monoisotopic (exact) mass is 257 g/mol. The van der Waals surface area contributed by atoms with E-state index in [-0.39, 0.29) is 11.2 Å². The van der Waals surface area contributed by atoms with Gasteiger partial charge in [-0.25, -0.2) is 0 Å². The maximum atomic E-state index is 12.5. The first kappa shape index (κ1) is 11.0. The van der Waals surface area contributed by atoms with Gasteiger partial charge in [-0.2, -0.15) is 0 Å². The van der Waals surface area contributed by atoms with Crippen LogP contribution < -0.4 is 10.7 Å². The van der Waals surface area contributed by atoms with Gasteiger partial charge in [-0.15, -0.1) is 11.3 Å². The quantitative estimate of drug-likeness (QED) is 0.520. The Morgan fingerprint density at radius 1 is 1.11 bits per heavy atom. The molecule has 0 fully saturated rings. The lowest BCUT2D eigenvalue weighted by Gasteiger charge is -2.08. The molecule has 2 N–H and O–H groups in total. The first-order chi connectivity index (χ1) is 8.72. The van der Waals surface area contributed by atoms with Crippen LogP contribution in [-0.4, -0.2) is 12.2 Å². The van der Waals surface area contributed by atoms with Crippen molar-refractivity contribution in [1.29, 1.82) is 0 Å². The van der Waals surface area contributed by atoms with Crippen LogP contribution in [0.5, 0.6) is 5.75 Å². The minimum atomic E-state index is -0.0420. The largest absolute Gasteiger partial charge is 0.506 e. The van der Waals surface area contributed by atoms with Crippen LogP contribution in [0.15, 0.2) is 41.2 Å². The van der Waals surface area contributed by atoms with Crippen LogP contribution in [0.3, 0.4) is 0 Å². The van der Waals surface area contributed by atoms with Crippen LogP contribution in [0.25, 0.3) is 20.2 Å². The average molecular weight is 257 g/mol. The summed E-state index contributed by atoms with van der Waals surface area (Å²) < 4.78 is 1.84. The summed E-state index contributed by atoms with van der Waals surface area (Å²) in [7, 11) is 1.70. The summed E-state index contributed by atoms with van der Waals surface area (Å²) in [6.07, 6.45) is 0. The summed E-state index contributed by atoms with van der Waals surface area (Å²) in [4.78, 5) is 12.5. The van der Waals surface area contributed by atoms with Crippen LogP contribution in [0.2, 0.25) is 0 Å². The first-order valence-corrected chi connectivity index (χ1v) is 6.39. The molecule has 0 spiro atoms. The lowest BCUT2D eigenvalue weighted by Crippen LogP contribution is -2.04. The molecule has 0 aliphatic rings. The molecule has 0 amide bonds. The van der Waals surface area contributed by atoms with E-state index in [2.05, 4.69) is 5.32 Å². The van der Waals surface area contributed by atoms with Crippen LogP contribution in [-0.2, 0) is 0 Å². The molecule has 90 valence electrons. The number of rotatable bonds is 1. The molecule has 18 heavy (non-hydrogen) atoms. The molecule has 0 saturated heterocycles. The van der Waals surface area contributed by atoms with Gasteiger partial charge in [0.15, 0.2) is 5.43 Å². The van der Waals surface area contributed by atoms with Gasteiger partial charge in [0.2, 0.25) is 0 Å². The highest BCUT2D eigenvalue weighted by Gasteiger charge is 2.12. The molecule has 2 aromatic carbocycles. The lowest BCUT2D eigenvalue weighted by molar-refractivity contribution is 0.478. The zero-order valence-electron chi connectivity index (χ0n) is 9.73. The number of aromatic hydroxyl groups is 1. The summed E-state index contributed by atoms with van der Waals surface area (Å²) in [5, 5.41) is 14.0. The Bertz CT molecular complexity index is 808. The molecule has 0 aliphatic heterocycles. The Labute approximate surface area is 107 Å². The van der Waals surface area contributed by atoms with E-state index in [9.17, 15) is 9.90 Å². The Balaban J connectivity index is 2.61. The van der Waals surface area contributed by atoms with Crippen molar-refractivity contribution in [2.45, 2.75) is 0 Å². The molecule has 0 bridgehead atoms. The van der Waals surface area contributed by atoms with Crippen molar-refractivity contribution in [2.24, 2.45) is 0 Å². The predicted molar refractivity (Wildman–Crippen MR) is 76.8 cm³/mol. The van der Waals surface area contributed by atoms with E-state index in [1.54, 1.807) is 30.5 Å². The number of phenols is 1. The number of hydrogen-bond donors (Lipinski definition) is 2. The molecular weight excluding hydrogens is 246 g/mol. The first-order valence-electron chi connectivity index (χ1n) is 5.57. The SMILES string of the molecule is CNc1c(O)ccc2sc3ccccc3c(=O)c12. The molecule has 1 aromatic heterocycles. The Morgan fingerprint density at radius 3 is 2.67 bits per heavy atom. The van der Waals surface area contributed by atoms with Gasteiger partial charge in [-0.3, -0.25) is 4.79 Å². The molecule has 3 nitrogen and oxygen atoms in total. The third-order valence-electron chi connectivity index (χ3n) is 2.97. The van der Waals surface area contributed by atoms with Crippen LogP contribution in [0, 0.1) is 0 Å². The fourth-order valence-electron chi connectivity index (χ4n) is 2.13. The number of fused-ring (bicyclic) bond motifs is 2. The number of anilines is 1. The molecule has 3 rings (SSSR count). The average Bonchev–Trinajstić information content (AvgIpc) is 2.40. The molecule has 0 atom stereocenters. The van der Waals surface area contributed by atoms with E-state index < -0.39 is 0 Å². The van der Waals surface area contributed by atoms with Gasteiger partial charge in [-0.1, -0.05) is 12.1 Å². The van der Waals surface area contributed by atoms with Gasteiger partial charge in [0.25, 0.3) is 0 Å². The maximum Gasteiger partial charge on any atom is 0.198 e. The summed E-state index contributed by atoms with van der Waals surface area (Å²) >= 11 is 1.55. The fraction of sp³-hybridized carbons (Fsp3) is 0.0714. The Kier molecular flexibility index (Phi) is 2.45. The van der Waals surface area contributed by atoms with Crippen molar-refractivity contribution in [3.63, 3.8) is 0 Å². The molecule has 1 heterocycles. The van der Waals surface area contributed by atoms with Crippen LogP contribution >= 0.6 is 11.3 Å². The number of hydrogen-bond acceptors (Lipinski definition) is 4. The summed E-state index contributed by atoms with van der Waals surface area (Å²) in [6.45, 7) is 0. The molecule has 0 aliphatic carbocycles. The minimum Gasteiger partial charge on any atom is -0.506 e. The molecule has 0 radical (unpaired) electrons. The highest BCUT2D eigenvalue weighted by molar-refractivity contribution is 7.24. The topological polar surface area (TPSA) is 49.3 Å². The van der Waals surface area contributed by atoms with E-state index in [1.807, 2.05) is 24.3 Å². The van der Waals surface area contributed by atoms with Crippen LogP contribution in [0.4, 0.5) is 5.69 Å². The van der Waals surface area contributed by atoms with Crippen LogP contribution in [0.1, 0.15) is 0 Å². The highest BCUT2D eigenvalue weighted by Crippen LogP contribution is 2.34. The van der Waals surface area contributed by atoms with Gasteiger partial charge < -0.3 is 10.4 Å². The zero-order valence-corrected chi connectivity index (χ0v) is 10.5. The summed E-state index contributed by atoms with van der Waals surface area (Å²) in [5.41, 5.74) is 0.458. The van der Waals surface area contributed by atoms with E-state index in [1.165, 1.54) is 0 Å². The van der Waals surface area contributed by atoms with Crippen molar-refractivity contribution >= 4 is 37.2 Å².